The van der Waals surface area contributed by atoms with Gasteiger partial charge in [0, 0.05) is 12.8 Å². The van der Waals surface area contributed by atoms with Crippen LogP contribution in [0.2, 0.25) is 0 Å². The van der Waals surface area contributed by atoms with Gasteiger partial charge in [-0.15, -0.1) is 0 Å². The summed E-state index contributed by atoms with van der Waals surface area (Å²) in [6.45, 7) is 3.99. The first-order valence-corrected chi connectivity index (χ1v) is 22.8. The third kappa shape index (κ3) is 43.5. The van der Waals surface area contributed by atoms with Crippen molar-refractivity contribution in [3.63, 3.8) is 0 Å². The average molecular weight is 777 g/mol. The first-order valence-electron chi connectivity index (χ1n) is 22.8. The smallest absolute Gasteiger partial charge is 0.306 e. The van der Waals surface area contributed by atoms with Crippen LogP contribution in [-0.2, 0) is 19.1 Å². The van der Waals surface area contributed by atoms with Crippen molar-refractivity contribution in [2.75, 3.05) is 13.2 Å². The van der Waals surface area contributed by atoms with E-state index in [9.17, 15) is 14.7 Å². The van der Waals surface area contributed by atoms with Crippen LogP contribution in [-0.4, -0.2) is 36.4 Å². The monoisotopic (exact) mass is 777 g/mol. The maximum absolute atomic E-state index is 12.2. The molecular weight excluding hydrogens is 693 g/mol. The minimum absolute atomic E-state index is 0.0752. The summed E-state index contributed by atoms with van der Waals surface area (Å²) in [5.41, 5.74) is 0. The Labute approximate surface area is 345 Å². The number of hydrogen-bond acceptors (Lipinski definition) is 5. The summed E-state index contributed by atoms with van der Waals surface area (Å²) in [5.74, 6) is -0.613. The van der Waals surface area contributed by atoms with E-state index in [4.69, 9.17) is 9.47 Å². The summed E-state index contributed by atoms with van der Waals surface area (Å²) in [5, 5.41) is 9.57. The van der Waals surface area contributed by atoms with Crippen LogP contribution in [0.3, 0.4) is 0 Å². The van der Waals surface area contributed by atoms with Gasteiger partial charge in [0.05, 0.1) is 6.61 Å². The van der Waals surface area contributed by atoms with Gasteiger partial charge in [-0.25, -0.2) is 0 Å². The van der Waals surface area contributed by atoms with Crippen LogP contribution in [0.1, 0.15) is 194 Å². The van der Waals surface area contributed by atoms with Gasteiger partial charge >= 0.3 is 11.9 Å². The fraction of sp³-hybridized carbons (Fsp3) is 0.647. The fourth-order valence-corrected chi connectivity index (χ4v) is 5.98. The maximum atomic E-state index is 12.2. The highest BCUT2D eigenvalue weighted by atomic mass is 16.6. The minimum atomic E-state index is -0.783. The van der Waals surface area contributed by atoms with E-state index in [-0.39, 0.29) is 25.2 Å². The van der Waals surface area contributed by atoms with Crippen LogP contribution in [0.25, 0.3) is 0 Å². The standard InChI is InChI=1S/C51H84O5/c1-3-5-7-9-11-13-15-16-17-18-19-20-21-22-23-24-25-26-27-28-29-30-31-32-33-34-36-38-40-42-44-46-51(54)56-49(47-52)48-55-50(53)45-43-41-39-37-35-14-12-10-8-6-4-2/h5,7,11,13,16-17,19-20,22-23,25-26,28-29,31-32,49,52H,3-4,6,8-10,12,14-15,18,21,24,27,30,33-48H2,1-2H3/b7-5-,13-11-,17-16-,20-19-,23-22-,26-25-,29-28-,32-31-. The summed E-state index contributed by atoms with van der Waals surface area (Å²) in [4.78, 5) is 24.3. The summed E-state index contributed by atoms with van der Waals surface area (Å²) in [6.07, 6.45) is 64.8. The second-order valence-electron chi connectivity index (χ2n) is 14.8. The van der Waals surface area contributed by atoms with E-state index < -0.39 is 6.10 Å². The van der Waals surface area contributed by atoms with Crippen LogP contribution in [0.5, 0.6) is 0 Å². The number of unbranched alkanes of at least 4 members (excludes halogenated alkanes) is 16. The molecular formula is C51H84O5. The van der Waals surface area contributed by atoms with Gasteiger partial charge in [0.25, 0.3) is 0 Å². The summed E-state index contributed by atoms with van der Waals surface area (Å²) in [6, 6.07) is 0. The largest absolute Gasteiger partial charge is 0.462 e. The lowest BCUT2D eigenvalue weighted by Gasteiger charge is -2.15. The lowest BCUT2D eigenvalue weighted by atomic mass is 10.1. The molecule has 0 amide bonds. The number of hydrogen-bond donors (Lipinski definition) is 1. The highest BCUT2D eigenvalue weighted by molar-refractivity contribution is 5.70. The zero-order valence-electron chi connectivity index (χ0n) is 36.1. The van der Waals surface area contributed by atoms with Crippen LogP contribution in [0.4, 0.5) is 0 Å². The highest BCUT2D eigenvalue weighted by Gasteiger charge is 2.16. The van der Waals surface area contributed by atoms with Gasteiger partial charge in [0.15, 0.2) is 6.10 Å². The molecule has 0 rings (SSSR count). The van der Waals surface area contributed by atoms with Gasteiger partial charge in [0.1, 0.15) is 6.61 Å². The molecule has 318 valence electrons. The third-order valence-electron chi connectivity index (χ3n) is 9.39. The van der Waals surface area contributed by atoms with Crippen molar-refractivity contribution in [1.82, 2.24) is 0 Å². The van der Waals surface area contributed by atoms with E-state index in [2.05, 4.69) is 111 Å². The normalized spacial score (nSPS) is 13.1. The molecule has 5 nitrogen and oxygen atoms in total. The summed E-state index contributed by atoms with van der Waals surface area (Å²) < 4.78 is 10.6. The quantitative estimate of drug-likeness (QED) is 0.0381. The van der Waals surface area contributed by atoms with Crippen LogP contribution in [0, 0.1) is 0 Å². The molecule has 0 aliphatic rings. The van der Waals surface area contributed by atoms with Crippen molar-refractivity contribution in [1.29, 1.82) is 0 Å². The Morgan fingerprint density at radius 3 is 1.16 bits per heavy atom. The SMILES string of the molecule is CC/C=C\C/C=C\C/C=C\C/C=C\C/C=C\C/C=C\C/C=C\C/C=C\CCCCCCCCC(=O)OC(CO)COC(=O)CCCCCCCCCCCCC. The lowest BCUT2D eigenvalue weighted by molar-refractivity contribution is -0.161. The van der Waals surface area contributed by atoms with Crippen molar-refractivity contribution in [2.24, 2.45) is 0 Å². The van der Waals surface area contributed by atoms with E-state index >= 15 is 0 Å². The van der Waals surface area contributed by atoms with Crippen molar-refractivity contribution < 1.29 is 24.2 Å². The molecule has 0 aliphatic heterocycles. The Kier molecular flexibility index (Phi) is 43.6. The topological polar surface area (TPSA) is 72.8 Å². The molecule has 0 bridgehead atoms. The Bertz CT molecular complexity index is 1110. The van der Waals surface area contributed by atoms with E-state index in [1.165, 1.54) is 70.6 Å². The zero-order valence-corrected chi connectivity index (χ0v) is 36.1. The molecule has 0 aromatic carbocycles. The van der Waals surface area contributed by atoms with Crippen molar-refractivity contribution in [2.45, 2.75) is 200 Å². The third-order valence-corrected chi connectivity index (χ3v) is 9.39. The van der Waals surface area contributed by atoms with Gasteiger partial charge in [-0.3, -0.25) is 9.59 Å². The number of carbonyl (C=O) groups excluding carboxylic acids is 2. The van der Waals surface area contributed by atoms with E-state index in [1.807, 2.05) is 0 Å². The van der Waals surface area contributed by atoms with E-state index in [1.54, 1.807) is 0 Å². The average Bonchev–Trinajstić information content (AvgIpc) is 3.20. The summed E-state index contributed by atoms with van der Waals surface area (Å²) in [7, 11) is 0. The van der Waals surface area contributed by atoms with Crippen molar-refractivity contribution in [3.05, 3.63) is 97.2 Å². The molecule has 1 atom stereocenters. The molecule has 0 radical (unpaired) electrons. The van der Waals surface area contributed by atoms with Gasteiger partial charge in [-0.2, -0.15) is 0 Å². The van der Waals surface area contributed by atoms with Gasteiger partial charge < -0.3 is 14.6 Å². The number of ether oxygens (including phenoxy) is 2. The second kappa shape index (κ2) is 46.2. The number of aliphatic hydroxyl groups excluding tert-OH is 1. The molecule has 0 saturated carbocycles. The first-order chi connectivity index (χ1) is 27.6. The Balaban J connectivity index is 3.63. The molecule has 5 heteroatoms. The molecule has 0 spiro atoms. The number of carbonyl (C=O) groups is 2. The predicted octanol–water partition coefficient (Wildman–Crippen LogP) is 14.8. The second-order valence-corrected chi connectivity index (χ2v) is 14.8. The molecule has 1 N–H and O–H groups in total. The van der Waals surface area contributed by atoms with Gasteiger partial charge in [-0.1, -0.05) is 201 Å². The fourth-order valence-electron chi connectivity index (χ4n) is 5.98. The molecule has 0 heterocycles. The number of rotatable bonds is 40. The number of allylic oxidation sites excluding steroid dienone is 16. The number of aliphatic hydroxyl groups is 1. The van der Waals surface area contributed by atoms with Crippen molar-refractivity contribution in [3.8, 4) is 0 Å². The molecule has 0 aromatic heterocycles. The van der Waals surface area contributed by atoms with Crippen LogP contribution >= 0.6 is 0 Å². The van der Waals surface area contributed by atoms with Gasteiger partial charge in [-0.05, 0) is 77.0 Å². The maximum Gasteiger partial charge on any atom is 0.306 e. The molecule has 1 unspecified atom stereocenters. The zero-order chi connectivity index (χ0) is 40.7. The van der Waals surface area contributed by atoms with Crippen LogP contribution in [0.15, 0.2) is 97.2 Å². The minimum Gasteiger partial charge on any atom is -0.462 e. The molecule has 0 fully saturated rings. The Morgan fingerprint density at radius 2 is 0.768 bits per heavy atom. The first kappa shape index (κ1) is 52.8. The van der Waals surface area contributed by atoms with Crippen molar-refractivity contribution >= 4 is 11.9 Å². The molecule has 56 heavy (non-hydrogen) atoms. The van der Waals surface area contributed by atoms with Crippen LogP contribution < -0.4 is 0 Å². The Morgan fingerprint density at radius 1 is 0.429 bits per heavy atom. The lowest BCUT2D eigenvalue weighted by Crippen LogP contribution is -2.28. The predicted molar refractivity (Wildman–Crippen MR) is 242 cm³/mol. The molecule has 0 aromatic rings. The number of esters is 2. The molecule has 0 saturated heterocycles. The van der Waals surface area contributed by atoms with E-state index in [0.29, 0.717) is 12.8 Å². The van der Waals surface area contributed by atoms with E-state index in [0.717, 1.165) is 96.3 Å². The Hall–Kier alpha value is -3.18. The van der Waals surface area contributed by atoms with Gasteiger partial charge in [0.2, 0.25) is 0 Å². The highest BCUT2D eigenvalue weighted by Crippen LogP contribution is 2.13. The summed E-state index contributed by atoms with van der Waals surface area (Å²) >= 11 is 0. The molecule has 0 aliphatic carbocycles.